The van der Waals surface area contributed by atoms with Gasteiger partial charge in [0.25, 0.3) is 0 Å². The monoisotopic (exact) mass is 306 g/mol. The second-order valence-corrected chi connectivity index (χ2v) is 5.23. The Balaban J connectivity index is 4.18. The highest BCUT2D eigenvalue weighted by atomic mass is 14.2. The topological polar surface area (TPSA) is 0 Å². The summed E-state index contributed by atoms with van der Waals surface area (Å²) < 4.78 is 0. The zero-order valence-corrected chi connectivity index (χ0v) is 14.7. The van der Waals surface area contributed by atoms with Crippen LogP contribution in [-0.2, 0) is 0 Å². The number of rotatable bonds is 1. The number of benzene rings is 1. The second kappa shape index (κ2) is 8.89. The van der Waals surface area contributed by atoms with Crippen molar-refractivity contribution < 1.29 is 0 Å². The van der Waals surface area contributed by atoms with Crippen LogP contribution in [0.4, 0.5) is 0 Å². The van der Waals surface area contributed by atoms with E-state index in [9.17, 15) is 0 Å². The zero-order valence-electron chi connectivity index (χ0n) is 14.7. The third kappa shape index (κ3) is 3.86. The first-order valence-electron chi connectivity index (χ1n) is 7.52. The van der Waals surface area contributed by atoms with Crippen LogP contribution >= 0.6 is 0 Å². The fourth-order valence-electron chi connectivity index (χ4n) is 2.56. The molecule has 0 unspecified atom stereocenters. The van der Waals surface area contributed by atoms with Crippen molar-refractivity contribution in [3.05, 3.63) is 33.4 Å². The van der Waals surface area contributed by atoms with Crippen LogP contribution in [0.2, 0.25) is 0 Å². The van der Waals surface area contributed by atoms with Crippen LogP contribution in [0.1, 0.15) is 67.0 Å². The van der Waals surface area contributed by atoms with E-state index in [1.807, 2.05) is 6.92 Å². The van der Waals surface area contributed by atoms with E-state index in [4.69, 9.17) is 12.8 Å². The molecule has 0 bridgehead atoms. The van der Waals surface area contributed by atoms with Crippen molar-refractivity contribution in [3.63, 3.8) is 0 Å². The maximum absolute atomic E-state index is 5.76. The summed E-state index contributed by atoms with van der Waals surface area (Å²) in [5.74, 6) is 28.5. The Morgan fingerprint density at radius 1 is 0.750 bits per heavy atom. The third-order valence-electron chi connectivity index (χ3n) is 3.40. The quantitative estimate of drug-likeness (QED) is 0.692. The molecule has 0 radical (unpaired) electrons. The predicted octanol–water partition coefficient (Wildman–Crippen LogP) is 3.83. The van der Waals surface area contributed by atoms with Crippen molar-refractivity contribution in [1.82, 2.24) is 0 Å². The van der Waals surface area contributed by atoms with Gasteiger partial charge < -0.3 is 0 Å². The van der Waals surface area contributed by atoms with Crippen molar-refractivity contribution in [3.8, 4) is 72.1 Å². The van der Waals surface area contributed by atoms with Gasteiger partial charge in [-0.25, -0.2) is 0 Å². The van der Waals surface area contributed by atoms with Gasteiger partial charge in [-0.2, -0.15) is 0 Å². The summed E-state index contributed by atoms with van der Waals surface area (Å²) in [5, 5.41) is 0. The minimum atomic E-state index is 0.223. The molecule has 1 rings (SSSR count). The molecule has 0 amide bonds. The molecule has 0 N–H and O–H groups in total. The molecule has 0 saturated carbocycles. The normalized spacial score (nSPS) is 8.00. The highest BCUT2D eigenvalue weighted by molar-refractivity contribution is 5.71. The first-order chi connectivity index (χ1) is 11.5. The first kappa shape index (κ1) is 18.6. The highest BCUT2D eigenvalue weighted by Gasteiger charge is 2.20. The lowest BCUT2D eigenvalue weighted by Gasteiger charge is -2.18. The van der Waals surface area contributed by atoms with E-state index in [1.54, 1.807) is 13.8 Å². The van der Waals surface area contributed by atoms with Gasteiger partial charge in [-0.15, -0.1) is 18.8 Å². The Morgan fingerprint density at radius 2 is 1.38 bits per heavy atom. The standard InChI is InChI=1S/C24H18/c1-8-12-14-17-22-21(15-10-3)20(11-4)19(7)24(18(5)6)23(22)16-13-9-2/h2,4,18H,1,3,5-7H3. The Hall–Kier alpha value is -3.42. The molecule has 1 aromatic rings. The van der Waals surface area contributed by atoms with Crippen LogP contribution in [0.3, 0.4) is 0 Å². The molecule has 0 aliphatic rings. The number of hydrogen-bond acceptors (Lipinski definition) is 0. The van der Waals surface area contributed by atoms with Gasteiger partial charge in [-0.3, -0.25) is 0 Å². The number of terminal acetylenes is 2. The molecule has 0 fully saturated rings. The van der Waals surface area contributed by atoms with E-state index in [2.05, 4.69) is 73.1 Å². The molecule has 0 heterocycles. The number of hydrogen-bond donors (Lipinski definition) is 0. The van der Waals surface area contributed by atoms with E-state index in [1.165, 1.54) is 0 Å². The molecule has 24 heavy (non-hydrogen) atoms. The SMILES string of the molecule is C#CC#Cc1c(C#CC#CC)c(C#CC)c(C#C)c(C)c1C(C)C. The lowest BCUT2D eigenvalue weighted by atomic mass is 9.83. The van der Waals surface area contributed by atoms with Gasteiger partial charge >= 0.3 is 0 Å². The fraction of sp³-hybridized carbons (Fsp3) is 0.250. The van der Waals surface area contributed by atoms with Crippen LogP contribution in [0.5, 0.6) is 0 Å². The van der Waals surface area contributed by atoms with Gasteiger partial charge in [-0.05, 0) is 61.5 Å². The zero-order chi connectivity index (χ0) is 18.1. The largest absolute Gasteiger partial charge is 0.115 e. The second-order valence-electron chi connectivity index (χ2n) is 5.23. The maximum Gasteiger partial charge on any atom is 0.0584 e. The maximum atomic E-state index is 5.76. The smallest absolute Gasteiger partial charge is 0.0584 e. The van der Waals surface area contributed by atoms with Gasteiger partial charge in [0.15, 0.2) is 0 Å². The van der Waals surface area contributed by atoms with Crippen molar-refractivity contribution in [2.45, 2.75) is 40.5 Å². The van der Waals surface area contributed by atoms with Gasteiger partial charge in [0.05, 0.1) is 11.1 Å². The van der Waals surface area contributed by atoms with Crippen LogP contribution in [0.25, 0.3) is 0 Å². The van der Waals surface area contributed by atoms with E-state index in [0.29, 0.717) is 11.1 Å². The Morgan fingerprint density at radius 3 is 1.88 bits per heavy atom. The first-order valence-corrected chi connectivity index (χ1v) is 7.52. The Kier molecular flexibility index (Phi) is 6.90. The molecule has 1 aromatic carbocycles. The van der Waals surface area contributed by atoms with E-state index in [-0.39, 0.29) is 5.92 Å². The summed E-state index contributed by atoms with van der Waals surface area (Å²) in [6, 6.07) is 0. The lowest BCUT2D eigenvalue weighted by Crippen LogP contribution is -2.07. The molecule has 0 heteroatoms. The molecule has 0 aromatic heterocycles. The molecule has 0 nitrogen and oxygen atoms in total. The summed E-state index contributed by atoms with van der Waals surface area (Å²) in [6.07, 6.45) is 11.1. The van der Waals surface area contributed by atoms with Crippen LogP contribution in [-0.4, -0.2) is 0 Å². The Labute approximate surface area is 146 Å². The summed E-state index contributed by atoms with van der Waals surface area (Å²) in [7, 11) is 0. The molecule has 114 valence electrons. The predicted molar refractivity (Wildman–Crippen MR) is 102 cm³/mol. The van der Waals surface area contributed by atoms with Crippen LogP contribution in [0, 0.1) is 79.0 Å². The molecular formula is C24H18. The summed E-state index contributed by atoms with van der Waals surface area (Å²) >= 11 is 0. The van der Waals surface area contributed by atoms with Gasteiger partial charge in [0.1, 0.15) is 0 Å². The van der Waals surface area contributed by atoms with Crippen molar-refractivity contribution in [1.29, 1.82) is 0 Å². The molecule has 0 atom stereocenters. The molecule has 0 saturated heterocycles. The lowest BCUT2D eigenvalue weighted by molar-refractivity contribution is 0.851. The highest BCUT2D eigenvalue weighted by Crippen LogP contribution is 2.31. The van der Waals surface area contributed by atoms with Crippen molar-refractivity contribution in [2.24, 2.45) is 0 Å². The fourth-order valence-corrected chi connectivity index (χ4v) is 2.56. The van der Waals surface area contributed by atoms with E-state index >= 15 is 0 Å². The summed E-state index contributed by atoms with van der Waals surface area (Å²) in [6.45, 7) is 9.69. The summed E-state index contributed by atoms with van der Waals surface area (Å²) in [5.41, 5.74) is 5.03. The molecular weight excluding hydrogens is 288 g/mol. The molecule has 0 aliphatic carbocycles. The molecule has 0 aliphatic heterocycles. The average Bonchev–Trinajstić information content (AvgIpc) is 2.55. The van der Waals surface area contributed by atoms with Crippen molar-refractivity contribution in [2.75, 3.05) is 0 Å². The van der Waals surface area contributed by atoms with E-state index < -0.39 is 0 Å². The minimum absolute atomic E-state index is 0.223. The molecule has 0 spiro atoms. The minimum Gasteiger partial charge on any atom is -0.115 e. The summed E-state index contributed by atoms with van der Waals surface area (Å²) in [4.78, 5) is 0. The van der Waals surface area contributed by atoms with E-state index in [0.717, 1.165) is 22.3 Å². The Bertz CT molecular complexity index is 984. The third-order valence-corrected chi connectivity index (χ3v) is 3.40. The van der Waals surface area contributed by atoms with Gasteiger partial charge in [-0.1, -0.05) is 43.4 Å². The van der Waals surface area contributed by atoms with Crippen LogP contribution < -0.4 is 0 Å². The van der Waals surface area contributed by atoms with Crippen molar-refractivity contribution >= 4 is 0 Å². The van der Waals surface area contributed by atoms with Gasteiger partial charge in [0, 0.05) is 11.1 Å². The average molecular weight is 306 g/mol. The van der Waals surface area contributed by atoms with Gasteiger partial charge in [0.2, 0.25) is 0 Å². The van der Waals surface area contributed by atoms with Crippen LogP contribution in [0.15, 0.2) is 0 Å².